The second-order valence-corrected chi connectivity index (χ2v) is 4.25. The number of benzene rings is 1. The summed E-state index contributed by atoms with van der Waals surface area (Å²) in [5.41, 5.74) is 3.10. The summed E-state index contributed by atoms with van der Waals surface area (Å²) in [5, 5.41) is 0. The van der Waals surface area contributed by atoms with Crippen molar-refractivity contribution in [3.63, 3.8) is 0 Å². The molecule has 0 aliphatic rings. The Kier molecular flexibility index (Phi) is 2.68. The summed E-state index contributed by atoms with van der Waals surface area (Å²) in [5.74, 6) is 0.661. The second-order valence-electron chi connectivity index (χ2n) is 4.25. The Hall–Kier alpha value is -2.36. The van der Waals surface area contributed by atoms with Gasteiger partial charge in [-0.05, 0) is 19.1 Å². The summed E-state index contributed by atoms with van der Waals surface area (Å²) >= 11 is 0. The Morgan fingerprint density at radius 2 is 2.28 bits per heavy atom. The molecule has 2 aromatic heterocycles. The summed E-state index contributed by atoms with van der Waals surface area (Å²) < 4.78 is 7.47. The van der Waals surface area contributed by atoms with E-state index in [1.165, 1.54) is 5.56 Å². The van der Waals surface area contributed by atoms with Gasteiger partial charge in [0.05, 0.1) is 18.6 Å². The maximum absolute atomic E-state index is 5.51. The molecule has 0 fully saturated rings. The third-order valence-electron chi connectivity index (χ3n) is 2.72. The molecule has 0 atom stereocenters. The lowest BCUT2D eigenvalue weighted by molar-refractivity contribution is 0.571. The van der Waals surface area contributed by atoms with Gasteiger partial charge in [0.2, 0.25) is 5.89 Å². The number of hydrogen-bond donors (Lipinski definition) is 0. The summed E-state index contributed by atoms with van der Waals surface area (Å²) in [6.07, 6.45) is 7.11. The van der Waals surface area contributed by atoms with Gasteiger partial charge >= 0.3 is 0 Å². The lowest BCUT2D eigenvalue weighted by atomic mass is 10.1. The average Bonchev–Trinajstić information content (AvgIpc) is 3.01. The molecule has 0 bridgehead atoms. The molecule has 3 rings (SSSR count). The molecule has 0 unspecified atom stereocenters. The molecule has 3 aromatic rings. The topological polar surface area (TPSA) is 43.9 Å². The van der Waals surface area contributed by atoms with Crippen LogP contribution >= 0.6 is 0 Å². The SMILES string of the molecule is Cc1cccc(-c2nc(Cn3ccnc3)co2)c1. The molecule has 90 valence electrons. The first-order valence-corrected chi connectivity index (χ1v) is 5.78. The minimum absolute atomic E-state index is 0.661. The molecule has 4 heteroatoms. The van der Waals surface area contributed by atoms with Crippen LogP contribution in [0.15, 0.2) is 53.7 Å². The van der Waals surface area contributed by atoms with E-state index in [9.17, 15) is 0 Å². The fourth-order valence-electron chi connectivity index (χ4n) is 1.86. The first kappa shape index (κ1) is 10.8. The highest BCUT2D eigenvalue weighted by molar-refractivity contribution is 5.54. The normalized spacial score (nSPS) is 10.7. The van der Waals surface area contributed by atoms with Gasteiger partial charge in [-0.3, -0.25) is 0 Å². The van der Waals surface area contributed by atoms with E-state index < -0.39 is 0 Å². The van der Waals surface area contributed by atoms with E-state index in [1.54, 1.807) is 18.8 Å². The minimum Gasteiger partial charge on any atom is -0.444 e. The highest BCUT2D eigenvalue weighted by Crippen LogP contribution is 2.19. The summed E-state index contributed by atoms with van der Waals surface area (Å²) in [6.45, 7) is 2.73. The van der Waals surface area contributed by atoms with Crippen molar-refractivity contribution in [2.45, 2.75) is 13.5 Å². The van der Waals surface area contributed by atoms with Crippen LogP contribution in [-0.4, -0.2) is 14.5 Å². The van der Waals surface area contributed by atoms with Gasteiger partial charge in [0.1, 0.15) is 6.26 Å². The van der Waals surface area contributed by atoms with Gasteiger partial charge in [-0.1, -0.05) is 17.7 Å². The molecule has 0 N–H and O–H groups in total. The van der Waals surface area contributed by atoms with E-state index in [0.717, 1.165) is 11.3 Å². The largest absolute Gasteiger partial charge is 0.444 e. The number of rotatable bonds is 3. The van der Waals surface area contributed by atoms with Crippen LogP contribution in [0, 0.1) is 6.92 Å². The van der Waals surface area contributed by atoms with E-state index in [0.29, 0.717) is 12.4 Å². The Morgan fingerprint density at radius 1 is 1.33 bits per heavy atom. The highest BCUT2D eigenvalue weighted by atomic mass is 16.3. The molecule has 4 nitrogen and oxygen atoms in total. The minimum atomic E-state index is 0.661. The number of nitrogens with zero attached hydrogens (tertiary/aromatic N) is 3. The number of aryl methyl sites for hydroxylation is 1. The van der Waals surface area contributed by atoms with Crippen LogP contribution < -0.4 is 0 Å². The second kappa shape index (κ2) is 4.49. The predicted octanol–water partition coefficient (Wildman–Crippen LogP) is 2.89. The van der Waals surface area contributed by atoms with E-state index in [-0.39, 0.29) is 0 Å². The van der Waals surface area contributed by atoms with Crippen molar-refractivity contribution in [2.75, 3.05) is 0 Å². The molecular formula is C14H13N3O. The molecular weight excluding hydrogens is 226 g/mol. The maximum atomic E-state index is 5.51. The molecule has 0 radical (unpaired) electrons. The van der Waals surface area contributed by atoms with Crippen LogP contribution in [0.2, 0.25) is 0 Å². The molecule has 0 saturated carbocycles. The van der Waals surface area contributed by atoms with E-state index in [1.807, 2.05) is 22.9 Å². The van der Waals surface area contributed by atoms with Crippen molar-refractivity contribution in [3.05, 3.63) is 60.5 Å². The number of aromatic nitrogens is 3. The smallest absolute Gasteiger partial charge is 0.226 e. The third kappa shape index (κ3) is 2.18. The van der Waals surface area contributed by atoms with Crippen LogP contribution in [0.1, 0.15) is 11.3 Å². The monoisotopic (exact) mass is 239 g/mol. The molecule has 2 heterocycles. The average molecular weight is 239 g/mol. The number of hydrogen-bond acceptors (Lipinski definition) is 3. The summed E-state index contributed by atoms with van der Waals surface area (Å²) in [7, 11) is 0. The van der Waals surface area contributed by atoms with Crippen molar-refractivity contribution in [1.29, 1.82) is 0 Å². The van der Waals surface area contributed by atoms with Crippen molar-refractivity contribution in [1.82, 2.24) is 14.5 Å². The van der Waals surface area contributed by atoms with Gasteiger partial charge < -0.3 is 8.98 Å². The zero-order chi connectivity index (χ0) is 12.4. The molecule has 0 saturated heterocycles. The van der Waals surface area contributed by atoms with Crippen molar-refractivity contribution in [3.8, 4) is 11.5 Å². The number of imidazole rings is 1. The van der Waals surface area contributed by atoms with Gasteiger partial charge in [0.15, 0.2) is 0 Å². The van der Waals surface area contributed by atoms with Crippen molar-refractivity contribution >= 4 is 0 Å². The standard InChI is InChI=1S/C14H13N3O/c1-11-3-2-4-12(7-11)14-16-13(9-18-14)8-17-6-5-15-10-17/h2-7,9-10H,8H2,1H3. The van der Waals surface area contributed by atoms with Gasteiger partial charge in [-0.2, -0.15) is 0 Å². The molecule has 0 aliphatic heterocycles. The van der Waals surface area contributed by atoms with Crippen LogP contribution in [-0.2, 0) is 6.54 Å². The van der Waals surface area contributed by atoms with Crippen LogP contribution in [0.5, 0.6) is 0 Å². The van der Waals surface area contributed by atoms with E-state index in [4.69, 9.17) is 4.42 Å². The Balaban J connectivity index is 1.85. The van der Waals surface area contributed by atoms with E-state index in [2.05, 4.69) is 29.0 Å². The molecule has 0 aliphatic carbocycles. The molecule has 0 amide bonds. The van der Waals surface area contributed by atoms with Gasteiger partial charge in [-0.15, -0.1) is 0 Å². The zero-order valence-corrected chi connectivity index (χ0v) is 10.1. The first-order valence-electron chi connectivity index (χ1n) is 5.78. The maximum Gasteiger partial charge on any atom is 0.226 e. The highest BCUT2D eigenvalue weighted by Gasteiger charge is 2.06. The van der Waals surface area contributed by atoms with Crippen molar-refractivity contribution in [2.24, 2.45) is 0 Å². The molecule has 1 aromatic carbocycles. The quantitative estimate of drug-likeness (QED) is 0.705. The predicted molar refractivity (Wildman–Crippen MR) is 68.0 cm³/mol. The molecule has 18 heavy (non-hydrogen) atoms. The Bertz CT molecular complexity index is 641. The zero-order valence-electron chi connectivity index (χ0n) is 10.1. The Labute approximate surface area is 105 Å². The van der Waals surface area contributed by atoms with Gasteiger partial charge in [-0.25, -0.2) is 9.97 Å². The van der Waals surface area contributed by atoms with Crippen molar-refractivity contribution < 1.29 is 4.42 Å². The van der Waals surface area contributed by atoms with Gasteiger partial charge in [0.25, 0.3) is 0 Å². The van der Waals surface area contributed by atoms with E-state index >= 15 is 0 Å². The molecule has 0 spiro atoms. The lowest BCUT2D eigenvalue weighted by Gasteiger charge is -1.97. The van der Waals surface area contributed by atoms with Gasteiger partial charge in [0, 0.05) is 18.0 Å². The Morgan fingerprint density at radius 3 is 3.06 bits per heavy atom. The van der Waals surface area contributed by atoms with Crippen LogP contribution in [0.4, 0.5) is 0 Å². The summed E-state index contributed by atoms with van der Waals surface area (Å²) in [6, 6.07) is 8.12. The fourth-order valence-corrected chi connectivity index (χ4v) is 1.86. The third-order valence-corrected chi connectivity index (χ3v) is 2.72. The van der Waals surface area contributed by atoms with Crippen LogP contribution in [0.25, 0.3) is 11.5 Å². The number of oxazole rings is 1. The summed E-state index contributed by atoms with van der Waals surface area (Å²) in [4.78, 5) is 8.48. The first-order chi connectivity index (χ1) is 8.81. The lowest BCUT2D eigenvalue weighted by Crippen LogP contribution is -1.96. The van der Waals surface area contributed by atoms with Crippen LogP contribution in [0.3, 0.4) is 0 Å². The fraction of sp³-hybridized carbons (Fsp3) is 0.143.